The van der Waals surface area contributed by atoms with Gasteiger partial charge in [0.05, 0.1) is 11.5 Å². The molecule has 1 heterocycles. The maximum absolute atomic E-state index is 12.9. The first kappa shape index (κ1) is 18.7. The van der Waals surface area contributed by atoms with Crippen molar-refractivity contribution in [3.8, 4) is 5.75 Å². The van der Waals surface area contributed by atoms with E-state index in [2.05, 4.69) is 0 Å². The standard InChI is InChI=1S/C17H26N2O4S/c1-4-23-16-6-5-14(11-15(16)12(2)3)24(21,22)19-9-7-13(8-10-19)17(18)20/h5-6,11-13H,4,7-10H2,1-3H3,(H2,18,20). The van der Waals surface area contributed by atoms with Gasteiger partial charge in [-0.3, -0.25) is 4.79 Å². The van der Waals surface area contributed by atoms with Crippen molar-refractivity contribution in [2.24, 2.45) is 11.7 Å². The van der Waals surface area contributed by atoms with Crippen molar-refractivity contribution < 1.29 is 17.9 Å². The van der Waals surface area contributed by atoms with Gasteiger partial charge in [0.1, 0.15) is 5.75 Å². The van der Waals surface area contributed by atoms with Crippen molar-refractivity contribution in [1.29, 1.82) is 0 Å². The number of piperidine rings is 1. The molecule has 0 saturated carbocycles. The molecule has 24 heavy (non-hydrogen) atoms. The van der Waals surface area contributed by atoms with E-state index in [0.717, 1.165) is 11.3 Å². The Morgan fingerprint density at radius 1 is 1.33 bits per heavy atom. The number of ether oxygens (including phenoxy) is 1. The Morgan fingerprint density at radius 3 is 2.46 bits per heavy atom. The van der Waals surface area contributed by atoms with Crippen LogP contribution in [0.5, 0.6) is 5.75 Å². The summed E-state index contributed by atoms with van der Waals surface area (Å²) >= 11 is 0. The highest BCUT2D eigenvalue weighted by Crippen LogP contribution is 2.31. The number of hydrogen-bond acceptors (Lipinski definition) is 4. The molecule has 1 aliphatic heterocycles. The largest absolute Gasteiger partial charge is 0.494 e. The summed E-state index contributed by atoms with van der Waals surface area (Å²) in [5.41, 5.74) is 6.19. The lowest BCUT2D eigenvalue weighted by Gasteiger charge is -2.30. The van der Waals surface area contributed by atoms with Crippen LogP contribution in [0.1, 0.15) is 45.1 Å². The van der Waals surface area contributed by atoms with E-state index in [0.29, 0.717) is 32.5 Å². The highest BCUT2D eigenvalue weighted by Gasteiger charge is 2.31. The molecule has 0 radical (unpaired) electrons. The minimum Gasteiger partial charge on any atom is -0.494 e. The molecule has 0 atom stereocenters. The van der Waals surface area contributed by atoms with Crippen LogP contribution >= 0.6 is 0 Å². The average Bonchev–Trinajstić information content (AvgIpc) is 2.55. The second-order valence-electron chi connectivity index (χ2n) is 6.37. The Bertz CT molecular complexity index is 693. The van der Waals surface area contributed by atoms with Crippen molar-refractivity contribution in [2.75, 3.05) is 19.7 Å². The Morgan fingerprint density at radius 2 is 1.96 bits per heavy atom. The number of nitrogens with zero attached hydrogens (tertiary/aromatic N) is 1. The third-order valence-corrected chi connectivity index (χ3v) is 6.29. The molecule has 0 aromatic heterocycles. The van der Waals surface area contributed by atoms with Gasteiger partial charge in [0.2, 0.25) is 15.9 Å². The second-order valence-corrected chi connectivity index (χ2v) is 8.31. The maximum atomic E-state index is 12.9. The average molecular weight is 354 g/mol. The van der Waals surface area contributed by atoms with Crippen LogP contribution in [0.25, 0.3) is 0 Å². The van der Waals surface area contributed by atoms with Gasteiger partial charge >= 0.3 is 0 Å². The fourth-order valence-corrected chi connectivity index (χ4v) is 4.46. The summed E-state index contributed by atoms with van der Waals surface area (Å²) < 4.78 is 32.8. The van der Waals surface area contributed by atoms with Crippen molar-refractivity contribution in [1.82, 2.24) is 4.31 Å². The summed E-state index contributed by atoms with van der Waals surface area (Å²) in [5.74, 6) is 0.291. The zero-order valence-electron chi connectivity index (χ0n) is 14.5. The number of rotatable bonds is 6. The number of carbonyl (C=O) groups excluding carboxylic acids is 1. The lowest BCUT2D eigenvalue weighted by atomic mass is 9.98. The first-order valence-electron chi connectivity index (χ1n) is 8.33. The molecule has 1 aliphatic rings. The lowest BCUT2D eigenvalue weighted by Crippen LogP contribution is -2.41. The van der Waals surface area contributed by atoms with Crippen LogP contribution in [0.4, 0.5) is 0 Å². The first-order chi connectivity index (χ1) is 11.3. The summed E-state index contributed by atoms with van der Waals surface area (Å²) in [6.45, 7) is 7.09. The minimum absolute atomic E-state index is 0.155. The predicted molar refractivity (Wildman–Crippen MR) is 92.4 cm³/mol. The van der Waals surface area contributed by atoms with Gasteiger partial charge in [-0.15, -0.1) is 0 Å². The lowest BCUT2D eigenvalue weighted by molar-refractivity contribution is -0.122. The first-order valence-corrected chi connectivity index (χ1v) is 9.77. The molecular weight excluding hydrogens is 328 g/mol. The Labute approximate surface area is 144 Å². The molecule has 2 rings (SSSR count). The molecule has 134 valence electrons. The van der Waals surface area contributed by atoms with E-state index in [-0.39, 0.29) is 22.6 Å². The monoisotopic (exact) mass is 354 g/mol. The normalized spacial score (nSPS) is 17.2. The quantitative estimate of drug-likeness (QED) is 0.847. The van der Waals surface area contributed by atoms with Crippen LogP contribution in [-0.2, 0) is 14.8 Å². The molecule has 1 aromatic carbocycles. The summed E-state index contributed by atoms with van der Waals surface area (Å²) in [5, 5.41) is 0. The van der Waals surface area contributed by atoms with Crippen LogP contribution < -0.4 is 10.5 Å². The van der Waals surface area contributed by atoms with Gasteiger partial charge in [0.25, 0.3) is 0 Å². The second kappa shape index (κ2) is 7.53. The van der Waals surface area contributed by atoms with Gasteiger partial charge in [-0.05, 0) is 49.4 Å². The molecule has 0 unspecified atom stereocenters. The van der Waals surface area contributed by atoms with Gasteiger partial charge in [0.15, 0.2) is 0 Å². The maximum Gasteiger partial charge on any atom is 0.243 e. The van der Waals surface area contributed by atoms with Crippen LogP contribution in [0, 0.1) is 5.92 Å². The highest BCUT2D eigenvalue weighted by atomic mass is 32.2. The van der Waals surface area contributed by atoms with Gasteiger partial charge in [-0.2, -0.15) is 4.31 Å². The summed E-state index contributed by atoms with van der Waals surface area (Å²) in [7, 11) is -3.57. The Kier molecular flexibility index (Phi) is 5.87. The van der Waals surface area contributed by atoms with Gasteiger partial charge < -0.3 is 10.5 Å². The molecule has 2 N–H and O–H groups in total. The number of hydrogen-bond donors (Lipinski definition) is 1. The van der Waals surface area contributed by atoms with Crippen molar-refractivity contribution >= 4 is 15.9 Å². The van der Waals surface area contributed by atoms with Gasteiger partial charge in [-0.25, -0.2) is 8.42 Å². The van der Waals surface area contributed by atoms with E-state index in [1.807, 2.05) is 20.8 Å². The van der Waals surface area contributed by atoms with E-state index >= 15 is 0 Å². The Hall–Kier alpha value is -1.60. The fourth-order valence-electron chi connectivity index (χ4n) is 2.95. The topological polar surface area (TPSA) is 89.7 Å². The third kappa shape index (κ3) is 3.89. The molecule has 1 amide bonds. The van der Waals surface area contributed by atoms with Crippen LogP contribution in [0.2, 0.25) is 0 Å². The molecule has 1 fully saturated rings. The smallest absolute Gasteiger partial charge is 0.243 e. The van der Waals surface area contributed by atoms with E-state index < -0.39 is 10.0 Å². The summed E-state index contributed by atoms with van der Waals surface area (Å²) in [6, 6.07) is 5.01. The van der Waals surface area contributed by atoms with E-state index in [9.17, 15) is 13.2 Å². The van der Waals surface area contributed by atoms with Crippen molar-refractivity contribution in [3.05, 3.63) is 23.8 Å². The minimum atomic E-state index is -3.57. The zero-order valence-corrected chi connectivity index (χ0v) is 15.3. The number of primary amides is 1. The number of sulfonamides is 1. The van der Waals surface area contributed by atoms with Gasteiger partial charge in [-0.1, -0.05) is 13.8 Å². The Balaban J connectivity index is 2.26. The molecule has 6 nitrogen and oxygen atoms in total. The molecular formula is C17H26N2O4S. The van der Waals surface area contributed by atoms with E-state index in [1.165, 1.54) is 4.31 Å². The summed E-state index contributed by atoms with van der Waals surface area (Å²) in [4.78, 5) is 11.5. The number of benzene rings is 1. The van der Waals surface area contributed by atoms with Crippen LogP contribution in [0.3, 0.4) is 0 Å². The SMILES string of the molecule is CCOc1ccc(S(=O)(=O)N2CCC(C(N)=O)CC2)cc1C(C)C. The number of nitrogens with two attached hydrogens (primary N) is 1. The molecule has 1 saturated heterocycles. The molecule has 0 aliphatic carbocycles. The van der Waals surface area contributed by atoms with Crippen LogP contribution in [0.15, 0.2) is 23.1 Å². The van der Waals surface area contributed by atoms with E-state index in [1.54, 1.807) is 18.2 Å². The number of carbonyl (C=O) groups is 1. The third-order valence-electron chi connectivity index (χ3n) is 4.40. The van der Waals surface area contributed by atoms with Crippen molar-refractivity contribution in [2.45, 2.75) is 44.4 Å². The predicted octanol–water partition coefficient (Wildman–Crippen LogP) is 2.09. The molecule has 7 heteroatoms. The molecule has 0 bridgehead atoms. The van der Waals surface area contributed by atoms with Crippen molar-refractivity contribution in [3.63, 3.8) is 0 Å². The van der Waals surface area contributed by atoms with Crippen LogP contribution in [-0.4, -0.2) is 38.3 Å². The van der Waals surface area contributed by atoms with E-state index in [4.69, 9.17) is 10.5 Å². The highest BCUT2D eigenvalue weighted by molar-refractivity contribution is 7.89. The van der Waals surface area contributed by atoms with Gasteiger partial charge in [0, 0.05) is 19.0 Å². The summed E-state index contributed by atoms with van der Waals surface area (Å²) in [6.07, 6.45) is 0.950. The molecule has 1 aromatic rings. The molecule has 0 spiro atoms. The fraction of sp³-hybridized carbons (Fsp3) is 0.588. The number of amides is 1. The zero-order chi connectivity index (χ0) is 17.9.